The summed E-state index contributed by atoms with van der Waals surface area (Å²) < 4.78 is 1.91. The molecule has 1 aromatic carbocycles. The summed E-state index contributed by atoms with van der Waals surface area (Å²) in [5, 5.41) is 10.9. The summed E-state index contributed by atoms with van der Waals surface area (Å²) in [6.45, 7) is 4.17. The van der Waals surface area contributed by atoms with Gasteiger partial charge in [-0.2, -0.15) is 0 Å². The number of nitro benzene ring substituents is 1. The molecule has 0 aliphatic carbocycles. The lowest BCUT2D eigenvalue weighted by Gasteiger charge is -2.12. The predicted molar refractivity (Wildman–Crippen MR) is 71.8 cm³/mol. The molecule has 1 heterocycles. The summed E-state index contributed by atoms with van der Waals surface area (Å²) >= 11 is 0. The standard InChI is InChI=1S/C13H16N4O2/c1-9-11(4-3-5-12(9)17(18)19)7-16-8-15-6-13(16)10(2)14/h3-6,8,10H,7,14H2,1-2H3/t10-/m1/s1. The molecule has 0 unspecified atom stereocenters. The average Bonchev–Trinajstić information content (AvgIpc) is 2.79. The van der Waals surface area contributed by atoms with Crippen LogP contribution in [0.1, 0.15) is 29.8 Å². The van der Waals surface area contributed by atoms with Crippen LogP contribution in [0.3, 0.4) is 0 Å². The summed E-state index contributed by atoms with van der Waals surface area (Å²) in [6, 6.07) is 4.97. The molecule has 0 saturated heterocycles. The molecule has 0 amide bonds. The maximum atomic E-state index is 10.9. The van der Waals surface area contributed by atoms with Gasteiger partial charge in [0, 0.05) is 30.4 Å². The topological polar surface area (TPSA) is 87.0 Å². The number of rotatable bonds is 4. The van der Waals surface area contributed by atoms with E-state index in [9.17, 15) is 10.1 Å². The van der Waals surface area contributed by atoms with E-state index < -0.39 is 0 Å². The zero-order chi connectivity index (χ0) is 14.0. The second-order valence-electron chi connectivity index (χ2n) is 4.55. The van der Waals surface area contributed by atoms with Crippen molar-refractivity contribution < 1.29 is 4.92 Å². The Bertz CT molecular complexity index is 604. The van der Waals surface area contributed by atoms with Crippen LogP contribution >= 0.6 is 0 Å². The van der Waals surface area contributed by atoms with Crippen molar-refractivity contribution in [3.8, 4) is 0 Å². The van der Waals surface area contributed by atoms with Crippen molar-refractivity contribution in [1.82, 2.24) is 9.55 Å². The Morgan fingerprint density at radius 3 is 2.89 bits per heavy atom. The first-order chi connectivity index (χ1) is 9.00. The van der Waals surface area contributed by atoms with E-state index in [2.05, 4.69) is 4.98 Å². The molecular formula is C13H16N4O2. The Morgan fingerprint density at radius 2 is 2.26 bits per heavy atom. The summed E-state index contributed by atoms with van der Waals surface area (Å²) in [5.74, 6) is 0. The monoisotopic (exact) mass is 260 g/mol. The van der Waals surface area contributed by atoms with E-state index in [1.54, 1.807) is 25.5 Å². The van der Waals surface area contributed by atoms with Crippen LogP contribution in [-0.2, 0) is 6.54 Å². The van der Waals surface area contributed by atoms with Gasteiger partial charge in [-0.15, -0.1) is 0 Å². The number of hydrogen-bond donors (Lipinski definition) is 1. The Kier molecular flexibility index (Phi) is 3.62. The lowest BCUT2D eigenvalue weighted by Crippen LogP contribution is -2.13. The molecule has 6 heteroatoms. The second-order valence-corrected chi connectivity index (χ2v) is 4.55. The van der Waals surface area contributed by atoms with Crippen molar-refractivity contribution in [3.05, 3.63) is 57.7 Å². The molecular weight excluding hydrogens is 244 g/mol. The van der Waals surface area contributed by atoms with Gasteiger partial charge >= 0.3 is 0 Å². The highest BCUT2D eigenvalue weighted by atomic mass is 16.6. The van der Waals surface area contributed by atoms with Crippen molar-refractivity contribution in [3.63, 3.8) is 0 Å². The summed E-state index contributed by atoms with van der Waals surface area (Å²) in [5.41, 5.74) is 8.48. The molecule has 1 aromatic heterocycles. The van der Waals surface area contributed by atoms with Gasteiger partial charge in [0.25, 0.3) is 5.69 Å². The lowest BCUT2D eigenvalue weighted by atomic mass is 10.1. The average molecular weight is 260 g/mol. The van der Waals surface area contributed by atoms with Crippen molar-refractivity contribution in [1.29, 1.82) is 0 Å². The Balaban J connectivity index is 2.36. The highest BCUT2D eigenvalue weighted by Gasteiger charge is 2.14. The predicted octanol–water partition coefficient (Wildman–Crippen LogP) is 2.17. The first-order valence-corrected chi connectivity index (χ1v) is 5.99. The first kappa shape index (κ1) is 13.2. The van der Waals surface area contributed by atoms with E-state index in [-0.39, 0.29) is 16.7 Å². The van der Waals surface area contributed by atoms with Crippen LogP contribution in [0.5, 0.6) is 0 Å². The summed E-state index contributed by atoms with van der Waals surface area (Å²) in [4.78, 5) is 14.6. The fourth-order valence-electron chi connectivity index (χ4n) is 2.06. The lowest BCUT2D eigenvalue weighted by molar-refractivity contribution is -0.385. The molecule has 2 N–H and O–H groups in total. The summed E-state index contributed by atoms with van der Waals surface area (Å²) in [6.07, 6.45) is 3.41. The third-order valence-corrected chi connectivity index (χ3v) is 3.17. The number of nitrogens with two attached hydrogens (primary N) is 1. The molecule has 0 bridgehead atoms. The third-order valence-electron chi connectivity index (χ3n) is 3.17. The minimum absolute atomic E-state index is 0.124. The van der Waals surface area contributed by atoms with Crippen LogP contribution in [-0.4, -0.2) is 14.5 Å². The van der Waals surface area contributed by atoms with Crippen LogP contribution in [0.2, 0.25) is 0 Å². The minimum atomic E-state index is -0.362. The normalized spacial score (nSPS) is 12.4. The van der Waals surface area contributed by atoms with Crippen LogP contribution in [0, 0.1) is 17.0 Å². The van der Waals surface area contributed by atoms with E-state index in [1.807, 2.05) is 17.6 Å². The molecule has 100 valence electrons. The van der Waals surface area contributed by atoms with Crippen LogP contribution < -0.4 is 5.73 Å². The van der Waals surface area contributed by atoms with E-state index in [4.69, 9.17) is 5.73 Å². The quantitative estimate of drug-likeness (QED) is 0.674. The van der Waals surface area contributed by atoms with Crippen LogP contribution in [0.15, 0.2) is 30.7 Å². The smallest absolute Gasteiger partial charge is 0.272 e. The van der Waals surface area contributed by atoms with Crippen molar-refractivity contribution in [2.24, 2.45) is 5.73 Å². The van der Waals surface area contributed by atoms with Crippen molar-refractivity contribution >= 4 is 5.69 Å². The Morgan fingerprint density at radius 1 is 1.53 bits per heavy atom. The highest BCUT2D eigenvalue weighted by Crippen LogP contribution is 2.22. The van der Waals surface area contributed by atoms with E-state index >= 15 is 0 Å². The van der Waals surface area contributed by atoms with Gasteiger partial charge in [0.15, 0.2) is 0 Å². The van der Waals surface area contributed by atoms with Crippen LogP contribution in [0.4, 0.5) is 5.69 Å². The molecule has 2 rings (SSSR count). The highest BCUT2D eigenvalue weighted by molar-refractivity contribution is 5.44. The fraction of sp³-hybridized carbons (Fsp3) is 0.308. The third kappa shape index (κ3) is 2.63. The number of aromatic nitrogens is 2. The van der Waals surface area contributed by atoms with E-state index in [0.29, 0.717) is 12.1 Å². The maximum Gasteiger partial charge on any atom is 0.272 e. The van der Waals surface area contributed by atoms with Gasteiger partial charge < -0.3 is 10.3 Å². The molecule has 1 atom stereocenters. The number of nitro groups is 1. The summed E-state index contributed by atoms with van der Waals surface area (Å²) in [7, 11) is 0. The number of nitrogens with zero attached hydrogens (tertiary/aromatic N) is 3. The first-order valence-electron chi connectivity index (χ1n) is 5.99. The number of benzene rings is 1. The van der Waals surface area contributed by atoms with Gasteiger partial charge in [-0.25, -0.2) is 4.98 Å². The van der Waals surface area contributed by atoms with Gasteiger partial charge in [0.2, 0.25) is 0 Å². The molecule has 0 fully saturated rings. The van der Waals surface area contributed by atoms with Gasteiger partial charge in [-0.05, 0) is 19.4 Å². The zero-order valence-electron chi connectivity index (χ0n) is 10.9. The minimum Gasteiger partial charge on any atom is -0.329 e. The van der Waals surface area contributed by atoms with Gasteiger partial charge in [0.1, 0.15) is 0 Å². The van der Waals surface area contributed by atoms with E-state index in [0.717, 1.165) is 11.3 Å². The molecule has 6 nitrogen and oxygen atoms in total. The van der Waals surface area contributed by atoms with Crippen molar-refractivity contribution in [2.45, 2.75) is 26.4 Å². The molecule has 0 aliphatic rings. The van der Waals surface area contributed by atoms with Gasteiger partial charge in [-0.3, -0.25) is 10.1 Å². The fourth-order valence-corrected chi connectivity index (χ4v) is 2.06. The SMILES string of the molecule is Cc1c(Cn2cncc2[C@@H](C)N)cccc1[N+](=O)[O-]. The molecule has 0 spiro atoms. The largest absolute Gasteiger partial charge is 0.329 e. The molecule has 19 heavy (non-hydrogen) atoms. The number of hydrogen-bond acceptors (Lipinski definition) is 4. The number of imidazole rings is 1. The Hall–Kier alpha value is -2.21. The zero-order valence-corrected chi connectivity index (χ0v) is 10.9. The van der Waals surface area contributed by atoms with Crippen molar-refractivity contribution in [2.75, 3.05) is 0 Å². The van der Waals surface area contributed by atoms with Crippen LogP contribution in [0.25, 0.3) is 0 Å². The molecule has 0 aliphatic heterocycles. The second kappa shape index (κ2) is 5.19. The van der Waals surface area contributed by atoms with E-state index in [1.165, 1.54) is 6.07 Å². The molecule has 0 saturated carbocycles. The van der Waals surface area contributed by atoms with Gasteiger partial charge in [-0.1, -0.05) is 12.1 Å². The Labute approximate surface area is 111 Å². The molecule has 0 radical (unpaired) electrons. The maximum absolute atomic E-state index is 10.9. The molecule has 2 aromatic rings. The van der Waals surface area contributed by atoms with Gasteiger partial charge in [0.05, 0.1) is 16.9 Å².